The van der Waals surface area contributed by atoms with Crippen LogP contribution in [0.25, 0.3) is 33.6 Å². The van der Waals surface area contributed by atoms with Crippen molar-refractivity contribution >= 4 is 23.2 Å². The summed E-state index contributed by atoms with van der Waals surface area (Å²) in [5, 5.41) is 45.6. The molecular weight excluding hydrogens is 524 g/mol. The molecule has 6 rings (SSSR count). The summed E-state index contributed by atoms with van der Waals surface area (Å²) in [6.07, 6.45) is 0. The highest BCUT2D eigenvalue weighted by atomic mass is 16.2. The summed E-state index contributed by atoms with van der Waals surface area (Å²) in [5.41, 5.74) is 3.40. The number of carbonyl (C=O) groups excluding carboxylic acids is 2. The normalized spacial score (nSPS) is 13.4. The maximum Gasteiger partial charge on any atom is 0.258 e. The van der Waals surface area contributed by atoms with Crippen LogP contribution in [-0.4, -0.2) is 11.8 Å². The Labute approximate surface area is 240 Å². The summed E-state index contributed by atoms with van der Waals surface area (Å²) in [7, 11) is 0. The van der Waals surface area contributed by atoms with Gasteiger partial charge in [-0.25, -0.2) is 0 Å². The van der Waals surface area contributed by atoms with Crippen molar-refractivity contribution in [2.24, 2.45) is 0 Å². The van der Waals surface area contributed by atoms with Crippen LogP contribution in [0.15, 0.2) is 96.1 Å². The highest BCUT2D eigenvalue weighted by Crippen LogP contribution is 2.42. The fraction of sp³-hybridized carbons (Fsp3) is 0. The van der Waals surface area contributed by atoms with Crippen molar-refractivity contribution < 1.29 is 9.59 Å². The number of carbonyl (C=O) groups is 2. The van der Waals surface area contributed by atoms with E-state index >= 15 is 0 Å². The zero-order valence-electron chi connectivity index (χ0n) is 21.7. The Balaban J connectivity index is 1.58. The average molecular weight is 541 g/mol. The van der Waals surface area contributed by atoms with Gasteiger partial charge in [-0.05, 0) is 46.5 Å². The van der Waals surface area contributed by atoms with Crippen molar-refractivity contribution in [2.75, 3.05) is 0 Å². The fourth-order valence-corrected chi connectivity index (χ4v) is 5.33. The molecule has 0 saturated heterocycles. The van der Waals surface area contributed by atoms with Crippen molar-refractivity contribution in [3.8, 4) is 46.5 Å². The van der Waals surface area contributed by atoms with E-state index < -0.39 is 11.8 Å². The molecule has 42 heavy (non-hydrogen) atoms. The molecule has 2 aliphatic heterocycles. The van der Waals surface area contributed by atoms with Crippen molar-refractivity contribution in [1.82, 2.24) is 10.6 Å². The van der Waals surface area contributed by atoms with E-state index in [-0.39, 0.29) is 55.9 Å². The Morgan fingerprint density at radius 1 is 0.452 bits per heavy atom. The maximum absolute atomic E-state index is 13.4. The molecule has 0 radical (unpaired) electrons. The minimum atomic E-state index is -0.659. The molecule has 0 unspecified atom stereocenters. The molecule has 2 N–H and O–H groups in total. The summed E-state index contributed by atoms with van der Waals surface area (Å²) in [5.74, 6) is -1.32. The molecule has 2 aliphatic rings. The van der Waals surface area contributed by atoms with Gasteiger partial charge in [0.2, 0.25) is 0 Å². The second-order valence-corrected chi connectivity index (χ2v) is 9.48. The molecule has 194 valence electrons. The molecule has 0 atom stereocenters. The Kier molecular flexibility index (Phi) is 6.14. The van der Waals surface area contributed by atoms with E-state index in [4.69, 9.17) is 0 Å². The number of rotatable bonds is 4. The molecule has 0 bridgehead atoms. The topological polar surface area (TPSA) is 153 Å². The molecule has 4 aromatic rings. The lowest BCUT2D eigenvalue weighted by molar-refractivity contribution is -0.117. The number of fused-ring (bicyclic) bond motifs is 1. The molecule has 0 spiro atoms. The third-order valence-electron chi connectivity index (χ3n) is 7.15. The number of hydrogen-bond acceptors (Lipinski definition) is 6. The van der Waals surface area contributed by atoms with E-state index in [1.54, 1.807) is 24.3 Å². The van der Waals surface area contributed by atoms with Crippen LogP contribution in [0.5, 0.6) is 0 Å². The zero-order valence-corrected chi connectivity index (χ0v) is 21.7. The molecular formula is C34H16N6O2. The van der Waals surface area contributed by atoms with Gasteiger partial charge in [-0.3, -0.25) is 9.59 Å². The number of hydrogen-bond donors (Lipinski definition) is 2. The van der Waals surface area contributed by atoms with Gasteiger partial charge in [0, 0.05) is 11.1 Å². The molecule has 4 aromatic carbocycles. The van der Waals surface area contributed by atoms with E-state index in [1.165, 1.54) is 0 Å². The van der Waals surface area contributed by atoms with Crippen molar-refractivity contribution in [3.05, 3.63) is 129 Å². The number of amides is 2. The Bertz CT molecular complexity index is 1870. The molecule has 2 amide bonds. The smallest absolute Gasteiger partial charge is 0.258 e. The lowest BCUT2D eigenvalue weighted by atomic mass is 9.90. The van der Waals surface area contributed by atoms with Crippen LogP contribution in [0.2, 0.25) is 0 Å². The van der Waals surface area contributed by atoms with E-state index in [0.717, 1.165) is 11.1 Å². The van der Waals surface area contributed by atoms with Gasteiger partial charge in [0.25, 0.3) is 11.8 Å². The van der Waals surface area contributed by atoms with Gasteiger partial charge in [0.1, 0.15) is 0 Å². The maximum atomic E-state index is 13.4. The fourth-order valence-electron chi connectivity index (χ4n) is 5.33. The van der Waals surface area contributed by atoms with E-state index in [1.807, 2.05) is 60.7 Å². The van der Waals surface area contributed by atoms with Crippen LogP contribution in [0.1, 0.15) is 33.4 Å². The molecule has 8 heteroatoms. The van der Waals surface area contributed by atoms with Gasteiger partial charge in [-0.15, -0.1) is 0 Å². The second-order valence-electron chi connectivity index (χ2n) is 9.48. The first kappa shape index (κ1) is 25.5. The largest absolute Gasteiger partial charge is 0.321 e. The standard InChI is InChI=1S/C34H16N6O2/c35-15-23-11-21(19-7-3-1-4-8-19)12-24(16-36)27(23)31-29-30(34(42)39-31)32(40-33(29)41)28-25(17-37)13-22(14-26(28)18-38)20-9-5-2-6-10-20/h1-14H,(H,39,42)(H,40,41). The lowest BCUT2D eigenvalue weighted by Crippen LogP contribution is -2.23. The molecule has 8 nitrogen and oxygen atoms in total. The van der Waals surface area contributed by atoms with Gasteiger partial charge in [0.15, 0.2) is 0 Å². The SMILES string of the molecule is N#Cc1cc(-c2ccccc2)cc(C#N)c1C1=C2C(=O)NC(c3c(C#N)cc(-c4ccccc4)cc3C#N)=C2C(=O)N1. The predicted molar refractivity (Wildman–Crippen MR) is 153 cm³/mol. The van der Waals surface area contributed by atoms with Crippen LogP contribution in [-0.2, 0) is 9.59 Å². The minimum absolute atomic E-state index is 0.0214. The van der Waals surface area contributed by atoms with Crippen molar-refractivity contribution in [3.63, 3.8) is 0 Å². The van der Waals surface area contributed by atoms with Gasteiger partial charge in [0.05, 0.1) is 69.1 Å². The Morgan fingerprint density at radius 2 is 0.762 bits per heavy atom. The number of benzene rings is 4. The van der Waals surface area contributed by atoms with Gasteiger partial charge in [-0.1, -0.05) is 60.7 Å². The quantitative estimate of drug-likeness (QED) is 0.376. The first-order chi connectivity index (χ1) is 20.5. The van der Waals surface area contributed by atoms with Crippen LogP contribution < -0.4 is 10.6 Å². The lowest BCUT2D eigenvalue weighted by Gasteiger charge is -2.13. The third kappa shape index (κ3) is 3.98. The van der Waals surface area contributed by atoms with Crippen molar-refractivity contribution in [1.29, 1.82) is 21.0 Å². The summed E-state index contributed by atoms with van der Waals surface area (Å²) in [6, 6.07) is 33.2. The van der Waals surface area contributed by atoms with Crippen LogP contribution in [0.3, 0.4) is 0 Å². The Morgan fingerprint density at radius 3 is 1.05 bits per heavy atom. The number of nitrogens with one attached hydrogen (secondary N) is 2. The monoisotopic (exact) mass is 540 g/mol. The minimum Gasteiger partial charge on any atom is -0.321 e. The molecule has 0 fully saturated rings. The van der Waals surface area contributed by atoms with E-state index in [2.05, 4.69) is 34.9 Å². The first-order valence-corrected chi connectivity index (χ1v) is 12.7. The summed E-state index contributed by atoms with van der Waals surface area (Å²) >= 11 is 0. The van der Waals surface area contributed by atoms with E-state index in [9.17, 15) is 30.6 Å². The zero-order chi connectivity index (χ0) is 29.4. The van der Waals surface area contributed by atoms with Crippen LogP contribution >= 0.6 is 0 Å². The van der Waals surface area contributed by atoms with Gasteiger partial charge < -0.3 is 10.6 Å². The third-order valence-corrected chi connectivity index (χ3v) is 7.15. The average Bonchev–Trinajstić information content (AvgIpc) is 3.57. The van der Waals surface area contributed by atoms with Crippen molar-refractivity contribution in [2.45, 2.75) is 0 Å². The summed E-state index contributed by atoms with van der Waals surface area (Å²) in [6.45, 7) is 0. The molecule has 0 saturated carbocycles. The second kappa shape index (κ2) is 10.1. The number of nitriles is 4. The first-order valence-electron chi connectivity index (χ1n) is 12.7. The molecule has 2 heterocycles. The van der Waals surface area contributed by atoms with E-state index in [0.29, 0.717) is 11.1 Å². The van der Waals surface area contributed by atoms with Crippen LogP contribution in [0.4, 0.5) is 0 Å². The van der Waals surface area contributed by atoms with Gasteiger partial charge >= 0.3 is 0 Å². The highest BCUT2D eigenvalue weighted by molar-refractivity contribution is 6.31. The summed E-state index contributed by atoms with van der Waals surface area (Å²) in [4.78, 5) is 26.8. The Hall–Kier alpha value is -6.74. The molecule has 0 aliphatic carbocycles. The highest BCUT2D eigenvalue weighted by Gasteiger charge is 2.43. The predicted octanol–water partition coefficient (Wildman–Crippen LogP) is 4.89. The van der Waals surface area contributed by atoms with Crippen LogP contribution in [0, 0.1) is 45.3 Å². The summed E-state index contributed by atoms with van der Waals surface area (Å²) < 4.78 is 0. The van der Waals surface area contributed by atoms with Gasteiger partial charge in [-0.2, -0.15) is 21.0 Å². The number of nitrogens with zero attached hydrogens (tertiary/aromatic N) is 4. The molecule has 0 aromatic heterocycles.